The van der Waals surface area contributed by atoms with Gasteiger partial charge in [0.2, 0.25) is 0 Å². The fourth-order valence-corrected chi connectivity index (χ4v) is 3.05. The molecule has 2 rings (SSSR count). The van der Waals surface area contributed by atoms with E-state index in [2.05, 4.69) is 36.5 Å². The minimum atomic E-state index is 0.680. The summed E-state index contributed by atoms with van der Waals surface area (Å²) in [4.78, 5) is 4.77. The normalized spacial score (nSPS) is 16.3. The molecule has 1 aliphatic heterocycles. The van der Waals surface area contributed by atoms with Crippen molar-refractivity contribution < 1.29 is 4.74 Å². The van der Waals surface area contributed by atoms with Gasteiger partial charge in [0.1, 0.15) is 5.75 Å². The molecule has 1 heterocycles. The maximum atomic E-state index is 6.04. The average Bonchev–Trinajstić information content (AvgIpc) is 2.48. The summed E-state index contributed by atoms with van der Waals surface area (Å²) in [6, 6.07) is 4.78. The molecule has 0 unspecified atom stereocenters. The molecule has 4 nitrogen and oxygen atoms in total. The van der Waals surface area contributed by atoms with Crippen LogP contribution in [0.3, 0.4) is 0 Å². The van der Waals surface area contributed by atoms with Crippen LogP contribution in [0.15, 0.2) is 24.8 Å². The molecule has 1 aromatic carbocycles. The number of allylic oxidation sites excluding steroid dienone is 1. The van der Waals surface area contributed by atoms with Gasteiger partial charge in [0.15, 0.2) is 0 Å². The van der Waals surface area contributed by atoms with Gasteiger partial charge in [-0.3, -0.25) is 0 Å². The van der Waals surface area contributed by atoms with Crippen molar-refractivity contribution in [2.24, 2.45) is 0 Å². The number of ether oxygens (including phenoxy) is 1. The van der Waals surface area contributed by atoms with E-state index in [1.54, 1.807) is 7.11 Å². The van der Waals surface area contributed by atoms with Gasteiger partial charge in [-0.15, -0.1) is 6.58 Å². The van der Waals surface area contributed by atoms with Crippen molar-refractivity contribution in [3.63, 3.8) is 0 Å². The molecular weight excluding hydrogens is 262 g/mol. The van der Waals surface area contributed by atoms with Crippen LogP contribution in [0.25, 0.3) is 0 Å². The van der Waals surface area contributed by atoms with E-state index in [0.717, 1.165) is 25.3 Å². The first-order valence-electron chi connectivity index (χ1n) is 7.55. The Bertz CT molecular complexity index is 491. The van der Waals surface area contributed by atoms with Gasteiger partial charge in [-0.25, -0.2) is 0 Å². The molecule has 0 aromatic heterocycles. The first kappa shape index (κ1) is 15.7. The number of nitrogens with zero attached hydrogens (tertiary/aromatic N) is 2. The summed E-state index contributed by atoms with van der Waals surface area (Å²) in [6.07, 6.45) is 5.13. The average molecular weight is 289 g/mol. The standard InChI is InChI=1S/C17H27N3O/c1-5-6-13-11-15(18)17(21-4)12-16(13)20-9-7-14(8-10-20)19(2)3/h5,11-12,14H,1,6-10,18H2,2-4H3. The lowest BCUT2D eigenvalue weighted by Crippen LogP contribution is -2.42. The van der Waals surface area contributed by atoms with Gasteiger partial charge >= 0.3 is 0 Å². The molecule has 21 heavy (non-hydrogen) atoms. The molecule has 0 atom stereocenters. The van der Waals surface area contributed by atoms with Gasteiger partial charge < -0.3 is 20.3 Å². The third kappa shape index (κ3) is 3.50. The van der Waals surface area contributed by atoms with E-state index >= 15 is 0 Å². The third-order valence-corrected chi connectivity index (χ3v) is 4.33. The molecule has 1 aliphatic rings. The van der Waals surface area contributed by atoms with Crippen molar-refractivity contribution in [3.8, 4) is 5.75 Å². The summed E-state index contributed by atoms with van der Waals surface area (Å²) in [5, 5.41) is 0. The molecule has 0 spiro atoms. The molecule has 0 saturated carbocycles. The van der Waals surface area contributed by atoms with Crippen LogP contribution < -0.4 is 15.4 Å². The summed E-state index contributed by atoms with van der Waals surface area (Å²) < 4.78 is 5.38. The number of benzene rings is 1. The number of piperidine rings is 1. The molecule has 4 heteroatoms. The number of nitrogens with two attached hydrogens (primary N) is 1. The van der Waals surface area contributed by atoms with Gasteiger partial charge in [-0.1, -0.05) is 6.08 Å². The van der Waals surface area contributed by atoms with E-state index in [0.29, 0.717) is 11.7 Å². The lowest BCUT2D eigenvalue weighted by Gasteiger charge is -2.37. The van der Waals surface area contributed by atoms with Gasteiger partial charge in [-0.2, -0.15) is 0 Å². The predicted octanol–water partition coefficient (Wildman–Crippen LogP) is 2.54. The Labute approximate surface area is 128 Å². The van der Waals surface area contributed by atoms with Crippen molar-refractivity contribution >= 4 is 11.4 Å². The lowest BCUT2D eigenvalue weighted by molar-refractivity contribution is 0.249. The summed E-state index contributed by atoms with van der Waals surface area (Å²) >= 11 is 0. The fourth-order valence-electron chi connectivity index (χ4n) is 3.05. The molecule has 0 radical (unpaired) electrons. The monoisotopic (exact) mass is 289 g/mol. The highest BCUT2D eigenvalue weighted by Gasteiger charge is 2.22. The quantitative estimate of drug-likeness (QED) is 0.668. The number of methoxy groups -OCH3 is 1. The number of nitrogen functional groups attached to an aromatic ring is 1. The first-order valence-corrected chi connectivity index (χ1v) is 7.55. The molecular formula is C17H27N3O. The molecule has 1 saturated heterocycles. The maximum Gasteiger partial charge on any atom is 0.143 e. The summed E-state index contributed by atoms with van der Waals surface area (Å²) in [7, 11) is 5.99. The Balaban J connectivity index is 2.24. The zero-order valence-electron chi connectivity index (χ0n) is 13.4. The highest BCUT2D eigenvalue weighted by Crippen LogP contribution is 2.34. The highest BCUT2D eigenvalue weighted by molar-refractivity contribution is 5.67. The Hall–Kier alpha value is -1.68. The Morgan fingerprint density at radius 2 is 2.05 bits per heavy atom. The van der Waals surface area contributed by atoms with E-state index in [1.807, 2.05) is 12.1 Å². The van der Waals surface area contributed by atoms with Crippen LogP contribution >= 0.6 is 0 Å². The van der Waals surface area contributed by atoms with Crippen LogP contribution in [0.2, 0.25) is 0 Å². The molecule has 1 fully saturated rings. The van der Waals surface area contributed by atoms with E-state index < -0.39 is 0 Å². The van der Waals surface area contributed by atoms with E-state index in [4.69, 9.17) is 10.5 Å². The summed E-state index contributed by atoms with van der Waals surface area (Å²) in [5.41, 5.74) is 9.20. The fraction of sp³-hybridized carbons (Fsp3) is 0.529. The van der Waals surface area contributed by atoms with Gasteiger partial charge in [0.05, 0.1) is 12.8 Å². The van der Waals surface area contributed by atoms with Crippen LogP contribution in [0.1, 0.15) is 18.4 Å². The van der Waals surface area contributed by atoms with Crippen molar-refractivity contribution in [2.45, 2.75) is 25.3 Å². The molecule has 2 N–H and O–H groups in total. The smallest absolute Gasteiger partial charge is 0.143 e. The van der Waals surface area contributed by atoms with Crippen molar-refractivity contribution in [2.75, 3.05) is 44.9 Å². The van der Waals surface area contributed by atoms with Crippen molar-refractivity contribution in [1.82, 2.24) is 4.90 Å². The topological polar surface area (TPSA) is 41.7 Å². The second-order valence-corrected chi connectivity index (χ2v) is 5.90. The van der Waals surface area contributed by atoms with Gasteiger partial charge in [-0.05, 0) is 45.0 Å². The lowest BCUT2D eigenvalue weighted by atomic mass is 10.0. The van der Waals surface area contributed by atoms with Crippen molar-refractivity contribution in [3.05, 3.63) is 30.4 Å². The summed E-state index contributed by atoms with van der Waals surface area (Å²) in [6.45, 7) is 5.99. The highest BCUT2D eigenvalue weighted by atomic mass is 16.5. The Morgan fingerprint density at radius 1 is 1.38 bits per heavy atom. The third-order valence-electron chi connectivity index (χ3n) is 4.33. The Kier molecular flexibility index (Phi) is 5.12. The largest absolute Gasteiger partial charge is 0.495 e. The molecule has 0 amide bonds. The van der Waals surface area contributed by atoms with E-state index in [1.165, 1.54) is 24.1 Å². The van der Waals surface area contributed by atoms with E-state index in [-0.39, 0.29) is 0 Å². The van der Waals surface area contributed by atoms with Crippen LogP contribution in [-0.2, 0) is 6.42 Å². The van der Waals surface area contributed by atoms with Gasteiger partial charge in [0, 0.05) is 30.9 Å². The molecule has 0 aliphatic carbocycles. The summed E-state index contributed by atoms with van der Waals surface area (Å²) in [5.74, 6) is 0.757. The van der Waals surface area contributed by atoms with Gasteiger partial charge in [0.25, 0.3) is 0 Å². The second-order valence-electron chi connectivity index (χ2n) is 5.90. The number of hydrogen-bond donors (Lipinski definition) is 1. The van der Waals surface area contributed by atoms with Crippen LogP contribution in [0.4, 0.5) is 11.4 Å². The Morgan fingerprint density at radius 3 is 2.57 bits per heavy atom. The van der Waals surface area contributed by atoms with Crippen LogP contribution in [0.5, 0.6) is 5.75 Å². The molecule has 1 aromatic rings. The van der Waals surface area contributed by atoms with Crippen molar-refractivity contribution in [1.29, 1.82) is 0 Å². The minimum Gasteiger partial charge on any atom is -0.495 e. The van der Waals surface area contributed by atoms with Crippen LogP contribution in [-0.4, -0.2) is 45.2 Å². The maximum absolute atomic E-state index is 6.04. The predicted molar refractivity (Wildman–Crippen MR) is 90.2 cm³/mol. The van der Waals surface area contributed by atoms with Crippen LogP contribution in [0, 0.1) is 0 Å². The molecule has 116 valence electrons. The first-order chi connectivity index (χ1) is 10.1. The number of hydrogen-bond acceptors (Lipinski definition) is 4. The zero-order chi connectivity index (χ0) is 15.4. The molecule has 0 bridgehead atoms. The SMILES string of the molecule is C=CCc1cc(N)c(OC)cc1N1CCC(N(C)C)CC1. The number of rotatable bonds is 5. The van der Waals surface area contributed by atoms with E-state index in [9.17, 15) is 0 Å². The minimum absolute atomic E-state index is 0.680. The number of anilines is 2. The second kappa shape index (κ2) is 6.85. The zero-order valence-corrected chi connectivity index (χ0v) is 13.4.